The van der Waals surface area contributed by atoms with Crippen LogP contribution in [0.3, 0.4) is 0 Å². The topological polar surface area (TPSA) is 0 Å². The fourth-order valence-electron chi connectivity index (χ4n) is 6.49. The lowest BCUT2D eigenvalue weighted by atomic mass is 9.77. The third kappa shape index (κ3) is 14.5. The van der Waals surface area contributed by atoms with Crippen LogP contribution < -0.4 is 0 Å². The minimum Gasteiger partial charge on any atom is -0.0625 e. The molecule has 0 heteroatoms. The van der Waals surface area contributed by atoms with Crippen molar-refractivity contribution in [3.63, 3.8) is 0 Å². The maximum Gasteiger partial charge on any atom is -0.0414 e. The molecule has 0 saturated heterocycles. The standard InChI is InChI=1S/2C9H18.2C8H16/c2*1-7-4-5-8(2)9(3)6-7;2*1-7-3-5-8(2)6-4-7/h2*7-9H,4-6H2,1-3H3;2*7-8H,3-6H2,1-2H3. The highest BCUT2D eigenvalue weighted by Crippen LogP contribution is 2.33. The summed E-state index contributed by atoms with van der Waals surface area (Å²) < 4.78 is 0. The van der Waals surface area contributed by atoms with E-state index >= 15 is 0 Å². The van der Waals surface area contributed by atoms with Crippen LogP contribution in [0.1, 0.15) is 159 Å². The molecule has 34 heavy (non-hydrogen) atoms. The molecular weight excluding hydrogens is 408 g/mol. The third-order valence-corrected chi connectivity index (χ3v) is 10.3. The van der Waals surface area contributed by atoms with Crippen molar-refractivity contribution in [1.82, 2.24) is 0 Å². The van der Waals surface area contributed by atoms with E-state index in [0.29, 0.717) is 0 Å². The summed E-state index contributed by atoms with van der Waals surface area (Å²) in [6.07, 6.45) is 20.6. The van der Waals surface area contributed by atoms with Crippen molar-refractivity contribution in [1.29, 1.82) is 0 Å². The highest BCUT2D eigenvalue weighted by atomic mass is 14.3. The average Bonchev–Trinajstić information content (AvgIpc) is 2.79. The van der Waals surface area contributed by atoms with Gasteiger partial charge in [0.2, 0.25) is 0 Å². The fourth-order valence-corrected chi connectivity index (χ4v) is 6.49. The van der Waals surface area contributed by atoms with E-state index in [2.05, 4.69) is 69.2 Å². The van der Waals surface area contributed by atoms with Crippen LogP contribution in [0.2, 0.25) is 0 Å². The molecule has 6 atom stereocenters. The minimum absolute atomic E-state index is 0.980. The Kier molecular flexibility index (Phi) is 16.4. The summed E-state index contributed by atoms with van der Waals surface area (Å²) in [6.45, 7) is 23.8. The molecule has 0 amide bonds. The summed E-state index contributed by atoms with van der Waals surface area (Å²) in [7, 11) is 0. The van der Waals surface area contributed by atoms with Crippen LogP contribution in [0.25, 0.3) is 0 Å². The SMILES string of the molecule is CC1CCC(C)C(C)C1.CC1CCC(C)C(C)C1.CC1CCC(C)CC1.CC1CCC(C)CC1. The molecule has 0 heterocycles. The van der Waals surface area contributed by atoms with E-state index in [-0.39, 0.29) is 0 Å². The quantitative estimate of drug-likeness (QED) is 0.326. The number of rotatable bonds is 0. The summed E-state index contributed by atoms with van der Waals surface area (Å²) in [6, 6.07) is 0. The lowest BCUT2D eigenvalue weighted by Crippen LogP contribution is -2.18. The Morgan fingerprint density at radius 1 is 0.235 bits per heavy atom. The Bertz CT molecular complexity index is 400. The molecule has 4 saturated carbocycles. The monoisotopic (exact) mass is 477 g/mol. The number of hydrogen-bond donors (Lipinski definition) is 0. The Morgan fingerprint density at radius 3 is 0.618 bits per heavy atom. The summed E-state index contributed by atoms with van der Waals surface area (Å²) in [5.74, 6) is 10.0. The molecule has 0 aromatic rings. The Balaban J connectivity index is 0.000000227. The largest absolute Gasteiger partial charge is 0.0625 e. The van der Waals surface area contributed by atoms with E-state index in [0.717, 1.165) is 59.2 Å². The predicted molar refractivity (Wildman–Crippen MR) is 156 cm³/mol. The van der Waals surface area contributed by atoms with Gasteiger partial charge in [-0.2, -0.15) is 0 Å². The molecule has 204 valence electrons. The molecule has 0 radical (unpaired) electrons. The molecule has 0 bridgehead atoms. The van der Waals surface area contributed by atoms with Crippen molar-refractivity contribution in [2.45, 2.75) is 159 Å². The maximum absolute atomic E-state index is 2.39. The van der Waals surface area contributed by atoms with Gasteiger partial charge in [0, 0.05) is 0 Å². The molecule has 4 fully saturated rings. The Morgan fingerprint density at radius 2 is 0.441 bits per heavy atom. The molecule has 0 aromatic carbocycles. The zero-order chi connectivity index (χ0) is 25.7. The molecule has 0 N–H and O–H groups in total. The second-order valence-corrected chi connectivity index (χ2v) is 14.5. The fraction of sp³-hybridized carbons (Fsp3) is 1.00. The second kappa shape index (κ2) is 17.5. The van der Waals surface area contributed by atoms with Crippen LogP contribution in [0.15, 0.2) is 0 Å². The van der Waals surface area contributed by atoms with Crippen molar-refractivity contribution in [3.8, 4) is 0 Å². The van der Waals surface area contributed by atoms with E-state index in [9.17, 15) is 0 Å². The van der Waals surface area contributed by atoms with Crippen molar-refractivity contribution >= 4 is 0 Å². The molecule has 4 aliphatic rings. The molecule has 0 spiro atoms. The highest BCUT2D eigenvalue weighted by molar-refractivity contribution is 4.73. The molecule has 4 rings (SSSR count). The Hall–Kier alpha value is 0. The maximum atomic E-state index is 2.39. The van der Waals surface area contributed by atoms with Crippen molar-refractivity contribution < 1.29 is 0 Å². The predicted octanol–water partition coefficient (Wildman–Crippen LogP) is 11.8. The molecule has 0 nitrogen and oxygen atoms in total. The normalized spacial score (nSPS) is 42.5. The van der Waals surface area contributed by atoms with E-state index in [1.165, 1.54) is 89.9 Å². The smallest absolute Gasteiger partial charge is 0.0414 e. The molecule has 6 unspecified atom stereocenters. The summed E-state index contributed by atoms with van der Waals surface area (Å²) in [5.41, 5.74) is 0. The lowest BCUT2D eigenvalue weighted by Gasteiger charge is -2.29. The average molecular weight is 477 g/mol. The van der Waals surface area contributed by atoms with Gasteiger partial charge in [-0.1, -0.05) is 146 Å². The molecule has 0 aliphatic heterocycles. The van der Waals surface area contributed by atoms with Gasteiger partial charge in [-0.05, 0) is 72.0 Å². The summed E-state index contributed by atoms with van der Waals surface area (Å²) in [4.78, 5) is 0. The van der Waals surface area contributed by atoms with Gasteiger partial charge in [0.15, 0.2) is 0 Å². The van der Waals surface area contributed by atoms with Crippen LogP contribution in [0, 0.1) is 59.2 Å². The van der Waals surface area contributed by atoms with E-state index in [1.807, 2.05) is 0 Å². The van der Waals surface area contributed by atoms with Gasteiger partial charge < -0.3 is 0 Å². The van der Waals surface area contributed by atoms with Crippen LogP contribution in [-0.2, 0) is 0 Å². The first-order valence-corrected chi connectivity index (χ1v) is 16.0. The Labute approximate surface area is 218 Å². The van der Waals surface area contributed by atoms with Gasteiger partial charge >= 0.3 is 0 Å². The van der Waals surface area contributed by atoms with Gasteiger partial charge in [0.05, 0.1) is 0 Å². The summed E-state index contributed by atoms with van der Waals surface area (Å²) >= 11 is 0. The lowest BCUT2D eigenvalue weighted by molar-refractivity contribution is 0.220. The van der Waals surface area contributed by atoms with Crippen LogP contribution in [0.4, 0.5) is 0 Å². The van der Waals surface area contributed by atoms with Gasteiger partial charge in [0.25, 0.3) is 0 Å². The minimum atomic E-state index is 0.980. The first-order valence-electron chi connectivity index (χ1n) is 16.0. The van der Waals surface area contributed by atoms with Crippen molar-refractivity contribution in [2.75, 3.05) is 0 Å². The zero-order valence-electron chi connectivity index (χ0n) is 25.7. The van der Waals surface area contributed by atoms with E-state index < -0.39 is 0 Å². The van der Waals surface area contributed by atoms with Crippen LogP contribution >= 0.6 is 0 Å². The van der Waals surface area contributed by atoms with Crippen molar-refractivity contribution in [3.05, 3.63) is 0 Å². The van der Waals surface area contributed by atoms with Crippen molar-refractivity contribution in [2.24, 2.45) is 59.2 Å². The summed E-state index contributed by atoms with van der Waals surface area (Å²) in [5, 5.41) is 0. The third-order valence-electron chi connectivity index (χ3n) is 10.3. The first kappa shape index (κ1) is 32.0. The van der Waals surface area contributed by atoms with E-state index in [1.54, 1.807) is 0 Å². The molecular formula is C34H68. The molecule has 0 aromatic heterocycles. The number of hydrogen-bond acceptors (Lipinski definition) is 0. The second-order valence-electron chi connectivity index (χ2n) is 14.5. The zero-order valence-corrected chi connectivity index (χ0v) is 25.7. The van der Waals surface area contributed by atoms with Gasteiger partial charge in [-0.3, -0.25) is 0 Å². The first-order chi connectivity index (χ1) is 16.0. The molecule has 4 aliphatic carbocycles. The van der Waals surface area contributed by atoms with Gasteiger partial charge in [-0.15, -0.1) is 0 Å². The van der Waals surface area contributed by atoms with Crippen LogP contribution in [-0.4, -0.2) is 0 Å². The highest BCUT2D eigenvalue weighted by Gasteiger charge is 2.22. The van der Waals surface area contributed by atoms with Crippen LogP contribution in [0.5, 0.6) is 0 Å². The van der Waals surface area contributed by atoms with Gasteiger partial charge in [0.1, 0.15) is 0 Å². The van der Waals surface area contributed by atoms with E-state index in [4.69, 9.17) is 0 Å². The van der Waals surface area contributed by atoms with Gasteiger partial charge in [-0.25, -0.2) is 0 Å².